The summed E-state index contributed by atoms with van der Waals surface area (Å²) in [5.41, 5.74) is 0. The molecule has 56 heavy (non-hydrogen) atoms. The zero-order valence-corrected chi connectivity index (χ0v) is 38.0. The Labute approximate surface area is 345 Å². The van der Waals surface area contributed by atoms with Crippen molar-refractivity contribution >= 4 is 19.8 Å². The summed E-state index contributed by atoms with van der Waals surface area (Å²) in [7, 11) is 1.16. The zero-order valence-electron chi connectivity index (χ0n) is 37.1. The highest BCUT2D eigenvalue weighted by molar-refractivity contribution is 7.45. The Morgan fingerprint density at radius 1 is 0.536 bits per heavy atom. The number of ether oxygens (including phenoxy) is 2. The van der Waals surface area contributed by atoms with E-state index in [9.17, 15) is 19.0 Å². The molecule has 2 atom stereocenters. The summed E-state index contributed by atoms with van der Waals surface area (Å²) in [6.45, 7) is 4.21. The third-order valence-electron chi connectivity index (χ3n) is 9.94. The van der Waals surface area contributed by atoms with Gasteiger partial charge in [0.2, 0.25) is 0 Å². The van der Waals surface area contributed by atoms with Crippen LogP contribution in [0, 0.1) is 0 Å². The molecular formula is C46H88NO8P. The van der Waals surface area contributed by atoms with Crippen LogP contribution >= 0.6 is 7.82 Å². The van der Waals surface area contributed by atoms with Crippen molar-refractivity contribution in [3.05, 3.63) is 24.3 Å². The van der Waals surface area contributed by atoms with Crippen LogP contribution < -0.4 is 4.89 Å². The third-order valence-corrected chi connectivity index (χ3v) is 10.9. The number of likely N-dealkylation sites (N-methyl/N-ethyl adjacent to an activating group) is 1. The molecule has 0 saturated carbocycles. The number of carbonyl (C=O) groups excluding carboxylic acids is 2. The summed E-state index contributed by atoms with van der Waals surface area (Å²) in [4.78, 5) is 37.5. The molecule has 9 nitrogen and oxygen atoms in total. The van der Waals surface area contributed by atoms with Crippen molar-refractivity contribution in [1.82, 2.24) is 0 Å². The first-order chi connectivity index (χ1) is 27.0. The smallest absolute Gasteiger partial charge is 0.306 e. The van der Waals surface area contributed by atoms with E-state index < -0.39 is 32.5 Å². The fourth-order valence-corrected chi connectivity index (χ4v) is 7.02. The molecule has 0 radical (unpaired) electrons. The maximum Gasteiger partial charge on any atom is 0.306 e. The lowest BCUT2D eigenvalue weighted by Crippen LogP contribution is -2.37. The summed E-state index contributed by atoms with van der Waals surface area (Å²) < 4.78 is 33.9. The number of quaternary nitrogens is 1. The van der Waals surface area contributed by atoms with Crippen molar-refractivity contribution in [3.63, 3.8) is 0 Å². The third kappa shape index (κ3) is 42.1. The SMILES string of the molecule is CCCCCC/C=C\CCCCCCCC(=O)OCC(COP(=O)([O-])OCC[N+](C)(C)C)OC(=O)CCCCCCCCCCC/C=C\CCCCCCCC. The van der Waals surface area contributed by atoms with Gasteiger partial charge in [-0.25, -0.2) is 0 Å². The minimum atomic E-state index is -4.62. The van der Waals surface area contributed by atoms with E-state index in [1.807, 2.05) is 21.1 Å². The van der Waals surface area contributed by atoms with Crippen LogP contribution in [0.3, 0.4) is 0 Å². The van der Waals surface area contributed by atoms with Gasteiger partial charge in [0.05, 0.1) is 27.7 Å². The Kier molecular flexibility index (Phi) is 37.9. The van der Waals surface area contributed by atoms with Crippen molar-refractivity contribution < 1.29 is 42.1 Å². The Morgan fingerprint density at radius 3 is 1.34 bits per heavy atom. The molecule has 0 aliphatic carbocycles. The molecule has 0 N–H and O–H groups in total. The summed E-state index contributed by atoms with van der Waals surface area (Å²) >= 11 is 0. The van der Waals surface area contributed by atoms with Crippen LogP contribution in [0.5, 0.6) is 0 Å². The molecule has 0 aromatic rings. The molecule has 0 spiro atoms. The Balaban J connectivity index is 4.31. The van der Waals surface area contributed by atoms with Crippen molar-refractivity contribution in [1.29, 1.82) is 0 Å². The van der Waals surface area contributed by atoms with Gasteiger partial charge in [0.15, 0.2) is 6.10 Å². The van der Waals surface area contributed by atoms with Crippen LogP contribution in [-0.2, 0) is 32.7 Å². The van der Waals surface area contributed by atoms with E-state index >= 15 is 0 Å². The van der Waals surface area contributed by atoms with Crippen LogP contribution in [0.25, 0.3) is 0 Å². The van der Waals surface area contributed by atoms with Crippen LogP contribution in [0.15, 0.2) is 24.3 Å². The molecule has 0 fully saturated rings. The molecule has 330 valence electrons. The van der Waals surface area contributed by atoms with Gasteiger partial charge in [-0.3, -0.25) is 14.2 Å². The molecule has 0 bridgehead atoms. The molecule has 2 unspecified atom stereocenters. The van der Waals surface area contributed by atoms with Gasteiger partial charge in [0, 0.05) is 12.8 Å². The Morgan fingerprint density at radius 2 is 0.911 bits per heavy atom. The molecule has 0 aliphatic heterocycles. The number of hydrogen-bond acceptors (Lipinski definition) is 8. The van der Waals surface area contributed by atoms with Gasteiger partial charge >= 0.3 is 11.9 Å². The predicted octanol–water partition coefficient (Wildman–Crippen LogP) is 12.5. The quantitative estimate of drug-likeness (QED) is 0.0197. The van der Waals surface area contributed by atoms with Gasteiger partial charge in [-0.2, -0.15) is 0 Å². The molecule has 0 amide bonds. The van der Waals surface area contributed by atoms with Gasteiger partial charge < -0.3 is 27.9 Å². The van der Waals surface area contributed by atoms with E-state index in [4.69, 9.17) is 18.5 Å². The summed E-state index contributed by atoms with van der Waals surface area (Å²) in [5.74, 6) is -0.842. The zero-order chi connectivity index (χ0) is 41.4. The second kappa shape index (κ2) is 39.0. The molecule has 0 rings (SSSR count). The monoisotopic (exact) mass is 814 g/mol. The average molecular weight is 814 g/mol. The van der Waals surface area contributed by atoms with E-state index in [0.29, 0.717) is 17.4 Å². The molecule has 0 aliphatic rings. The van der Waals surface area contributed by atoms with Gasteiger partial charge in [-0.05, 0) is 64.2 Å². The van der Waals surface area contributed by atoms with Crippen LogP contribution in [0.1, 0.15) is 206 Å². The summed E-state index contributed by atoms with van der Waals surface area (Å²) in [6.07, 6.45) is 42.0. The van der Waals surface area contributed by atoms with Crippen molar-refractivity contribution in [2.75, 3.05) is 47.5 Å². The number of allylic oxidation sites excluding steroid dienone is 4. The fraction of sp³-hybridized carbons (Fsp3) is 0.870. The normalized spacial score (nSPS) is 13.8. The fourth-order valence-electron chi connectivity index (χ4n) is 6.29. The van der Waals surface area contributed by atoms with E-state index in [2.05, 4.69) is 38.2 Å². The minimum Gasteiger partial charge on any atom is -0.756 e. The van der Waals surface area contributed by atoms with Crippen LogP contribution in [0.4, 0.5) is 0 Å². The molecule has 0 saturated heterocycles. The number of unbranched alkanes of at least 4 members (excludes halogenated alkanes) is 24. The number of rotatable bonds is 42. The number of esters is 2. The topological polar surface area (TPSA) is 111 Å². The first-order valence-corrected chi connectivity index (χ1v) is 24.5. The number of nitrogens with zero attached hydrogens (tertiary/aromatic N) is 1. The molecular weight excluding hydrogens is 725 g/mol. The Bertz CT molecular complexity index is 1010. The van der Waals surface area contributed by atoms with E-state index in [1.165, 1.54) is 116 Å². The van der Waals surface area contributed by atoms with Gasteiger partial charge in [-0.1, -0.05) is 154 Å². The second-order valence-corrected chi connectivity index (χ2v) is 18.2. The number of phosphoric ester groups is 1. The summed E-state index contributed by atoms with van der Waals surface area (Å²) in [5, 5.41) is 0. The largest absolute Gasteiger partial charge is 0.756 e. The van der Waals surface area contributed by atoms with E-state index in [-0.39, 0.29) is 26.1 Å². The highest BCUT2D eigenvalue weighted by Gasteiger charge is 2.21. The van der Waals surface area contributed by atoms with Crippen molar-refractivity contribution in [2.24, 2.45) is 0 Å². The highest BCUT2D eigenvalue weighted by atomic mass is 31.2. The van der Waals surface area contributed by atoms with Crippen molar-refractivity contribution in [3.8, 4) is 0 Å². The second-order valence-electron chi connectivity index (χ2n) is 16.8. The molecule has 0 aromatic carbocycles. The summed E-state index contributed by atoms with van der Waals surface area (Å²) in [6, 6.07) is 0. The molecule has 0 aromatic heterocycles. The maximum absolute atomic E-state index is 12.7. The molecule has 0 heterocycles. The van der Waals surface area contributed by atoms with E-state index in [1.54, 1.807) is 0 Å². The van der Waals surface area contributed by atoms with Crippen molar-refractivity contribution in [2.45, 2.75) is 213 Å². The number of hydrogen-bond donors (Lipinski definition) is 0. The minimum absolute atomic E-state index is 0.0312. The first-order valence-electron chi connectivity index (χ1n) is 23.0. The first kappa shape index (κ1) is 54.5. The maximum atomic E-state index is 12.7. The number of phosphoric acid groups is 1. The van der Waals surface area contributed by atoms with E-state index in [0.717, 1.165) is 57.8 Å². The lowest BCUT2D eigenvalue weighted by atomic mass is 10.1. The van der Waals surface area contributed by atoms with Gasteiger partial charge in [-0.15, -0.1) is 0 Å². The van der Waals surface area contributed by atoms with Crippen LogP contribution in [0.2, 0.25) is 0 Å². The average Bonchev–Trinajstić information content (AvgIpc) is 3.15. The van der Waals surface area contributed by atoms with Crippen LogP contribution in [-0.4, -0.2) is 70.0 Å². The highest BCUT2D eigenvalue weighted by Crippen LogP contribution is 2.38. The number of carbonyl (C=O) groups is 2. The lowest BCUT2D eigenvalue weighted by Gasteiger charge is -2.28. The Hall–Kier alpha value is -1.51. The van der Waals surface area contributed by atoms with Gasteiger partial charge in [0.25, 0.3) is 7.82 Å². The predicted molar refractivity (Wildman–Crippen MR) is 231 cm³/mol. The van der Waals surface area contributed by atoms with Gasteiger partial charge in [0.1, 0.15) is 19.8 Å². The standard InChI is InChI=1S/C46H88NO8P/c1-6-8-10-12-14-16-18-20-21-22-23-24-25-27-29-31-33-35-37-39-46(49)55-44(43-54-56(50,51)53-41-40-47(3,4)5)42-52-45(48)38-36-34-32-30-28-26-19-17-15-13-11-9-7-2/h17,19-21,44H,6-16,18,22-43H2,1-5H3/b19-17-,21-20-. The lowest BCUT2D eigenvalue weighted by molar-refractivity contribution is -0.870. The molecule has 10 heteroatoms.